The van der Waals surface area contributed by atoms with Crippen LogP contribution >= 0.6 is 0 Å². The zero-order valence-electron chi connectivity index (χ0n) is 16.7. The number of carbonyl (C=O) groups excluding carboxylic acids is 1. The Bertz CT molecular complexity index is 889. The Hall–Kier alpha value is -2.81. The molecule has 1 aromatic carbocycles. The van der Waals surface area contributed by atoms with Crippen molar-refractivity contribution in [2.45, 2.75) is 44.2 Å². The molecule has 2 aromatic rings. The van der Waals surface area contributed by atoms with Gasteiger partial charge in [-0.05, 0) is 51.6 Å². The van der Waals surface area contributed by atoms with Crippen LogP contribution in [0.15, 0.2) is 30.5 Å². The molecule has 1 fully saturated rings. The van der Waals surface area contributed by atoms with Crippen LogP contribution in [0.1, 0.15) is 35.2 Å². The molecule has 1 aliphatic carbocycles. The van der Waals surface area contributed by atoms with E-state index in [1.807, 2.05) is 31.2 Å². The zero-order chi connectivity index (χ0) is 21.2. The van der Waals surface area contributed by atoms with E-state index in [0.29, 0.717) is 18.5 Å². The van der Waals surface area contributed by atoms with E-state index >= 15 is 0 Å². The lowest BCUT2D eigenvalue weighted by molar-refractivity contribution is -0.0694. The summed E-state index contributed by atoms with van der Waals surface area (Å²) in [5.41, 5.74) is 7.22. The van der Waals surface area contributed by atoms with Crippen LogP contribution in [0.5, 0.6) is 0 Å². The van der Waals surface area contributed by atoms with E-state index in [0.717, 1.165) is 5.56 Å². The molecule has 2 atom stereocenters. The lowest BCUT2D eigenvalue weighted by Crippen LogP contribution is -2.56. The molecule has 0 bridgehead atoms. The summed E-state index contributed by atoms with van der Waals surface area (Å²) in [7, 11) is 3.56. The predicted molar refractivity (Wildman–Crippen MR) is 109 cm³/mol. The molecule has 9 heteroatoms. The number of benzene rings is 1. The van der Waals surface area contributed by atoms with Gasteiger partial charge in [-0.25, -0.2) is 13.8 Å². The summed E-state index contributed by atoms with van der Waals surface area (Å²) in [4.78, 5) is 21.9. The van der Waals surface area contributed by atoms with Gasteiger partial charge in [0.1, 0.15) is 17.4 Å². The smallest absolute Gasteiger partial charge is 0.269 e. The number of likely N-dealkylation sites (N-methyl/N-ethyl adjacent to an activating group) is 1. The maximum absolute atomic E-state index is 14.6. The van der Waals surface area contributed by atoms with Crippen LogP contribution in [-0.2, 0) is 0 Å². The molecule has 29 heavy (non-hydrogen) atoms. The highest BCUT2D eigenvalue weighted by Gasteiger charge is 2.48. The number of nitrogens with zero attached hydrogens (tertiary/aromatic N) is 3. The molecule has 4 N–H and O–H groups in total. The van der Waals surface area contributed by atoms with Gasteiger partial charge in [-0.15, -0.1) is 0 Å². The van der Waals surface area contributed by atoms with Crippen molar-refractivity contribution in [2.75, 3.05) is 24.7 Å². The summed E-state index contributed by atoms with van der Waals surface area (Å²) in [6, 6.07) is 5.96. The second-order valence-corrected chi connectivity index (χ2v) is 7.62. The molecule has 0 radical (unpaired) electrons. The van der Waals surface area contributed by atoms with Crippen molar-refractivity contribution in [1.82, 2.24) is 14.9 Å². The molecule has 1 aromatic heterocycles. The molecule has 0 unspecified atom stereocenters. The Morgan fingerprint density at radius 1 is 1.34 bits per heavy atom. The summed E-state index contributed by atoms with van der Waals surface area (Å²) >= 11 is 0. The van der Waals surface area contributed by atoms with Gasteiger partial charge in [0.25, 0.3) is 11.8 Å². The van der Waals surface area contributed by atoms with Gasteiger partial charge in [-0.2, -0.15) is 4.98 Å². The van der Waals surface area contributed by atoms with Gasteiger partial charge in [-0.1, -0.05) is 12.1 Å². The average Bonchev–Trinajstić information content (AvgIpc) is 2.63. The summed E-state index contributed by atoms with van der Waals surface area (Å²) in [5.74, 6) is -3.42. The topological polar surface area (TPSA) is 96.2 Å². The fourth-order valence-electron chi connectivity index (χ4n) is 3.63. The Morgan fingerprint density at radius 3 is 2.76 bits per heavy atom. The molecule has 0 saturated heterocycles. The van der Waals surface area contributed by atoms with Crippen molar-refractivity contribution < 1.29 is 13.6 Å². The fourth-order valence-corrected chi connectivity index (χ4v) is 3.63. The van der Waals surface area contributed by atoms with Crippen molar-refractivity contribution in [3.8, 4) is 0 Å². The first-order valence-electron chi connectivity index (χ1n) is 9.48. The van der Waals surface area contributed by atoms with E-state index in [1.165, 1.54) is 6.20 Å². The zero-order valence-corrected chi connectivity index (χ0v) is 16.7. The summed E-state index contributed by atoms with van der Waals surface area (Å²) < 4.78 is 29.3. The minimum atomic E-state index is -2.90. The van der Waals surface area contributed by atoms with Gasteiger partial charge >= 0.3 is 0 Å². The Balaban J connectivity index is 1.92. The number of aryl methyl sites for hydroxylation is 1. The monoisotopic (exact) mass is 404 g/mol. The van der Waals surface area contributed by atoms with E-state index in [-0.39, 0.29) is 29.8 Å². The average molecular weight is 404 g/mol. The number of nitrogens with one attached hydrogen (secondary N) is 2. The third-order valence-corrected chi connectivity index (χ3v) is 5.13. The molecular formula is C20H26F2N6O. The Labute approximate surface area is 168 Å². The molecule has 0 aliphatic heterocycles. The maximum atomic E-state index is 14.6. The summed E-state index contributed by atoms with van der Waals surface area (Å²) in [6.07, 6.45) is 2.16. The van der Waals surface area contributed by atoms with Crippen molar-refractivity contribution in [1.29, 1.82) is 0 Å². The maximum Gasteiger partial charge on any atom is 0.269 e. The van der Waals surface area contributed by atoms with E-state index in [4.69, 9.17) is 5.73 Å². The fraction of sp³-hybridized carbons (Fsp3) is 0.450. The van der Waals surface area contributed by atoms with Crippen LogP contribution in [0, 0.1) is 6.92 Å². The van der Waals surface area contributed by atoms with Crippen molar-refractivity contribution >= 4 is 23.4 Å². The van der Waals surface area contributed by atoms with Crippen LogP contribution < -0.4 is 16.4 Å². The van der Waals surface area contributed by atoms with Crippen LogP contribution in [0.3, 0.4) is 0 Å². The molecule has 156 valence electrons. The highest BCUT2D eigenvalue weighted by Crippen LogP contribution is 2.37. The third-order valence-electron chi connectivity index (χ3n) is 5.13. The second kappa shape index (κ2) is 8.28. The van der Waals surface area contributed by atoms with Crippen molar-refractivity contribution in [3.63, 3.8) is 0 Å². The van der Waals surface area contributed by atoms with E-state index < -0.39 is 17.9 Å². The number of aromatic nitrogens is 2. The first-order valence-corrected chi connectivity index (χ1v) is 9.48. The van der Waals surface area contributed by atoms with Crippen molar-refractivity contribution in [3.05, 3.63) is 41.6 Å². The predicted octanol–water partition coefficient (Wildman–Crippen LogP) is 3.16. The van der Waals surface area contributed by atoms with E-state index in [1.54, 1.807) is 19.0 Å². The standard InChI is InChI=1S/C20H26F2N6O/c1-12-6-4-7-13(10-12)25-18-14(17(23)29)11-24-19(27-18)26-16-15(28(2)3)8-5-9-20(16,21)22/h4,6-7,10-11,15-16H,5,8-9H2,1-3H3,(H2,23,29)(H2,24,25,26,27)/t15-,16-/m0/s1. The lowest BCUT2D eigenvalue weighted by atomic mass is 9.86. The molecule has 1 amide bonds. The second-order valence-electron chi connectivity index (χ2n) is 7.62. The number of amides is 1. The minimum absolute atomic E-state index is 0.0172. The number of hydrogen-bond acceptors (Lipinski definition) is 6. The molecular weight excluding hydrogens is 378 g/mol. The highest BCUT2D eigenvalue weighted by molar-refractivity contribution is 5.98. The third kappa shape index (κ3) is 4.79. The van der Waals surface area contributed by atoms with E-state index in [2.05, 4.69) is 20.6 Å². The number of halogens is 2. The SMILES string of the molecule is Cc1cccc(Nc2nc(N[C@H]3[C@@H](N(C)C)CCCC3(F)F)ncc2C(N)=O)c1. The van der Waals surface area contributed by atoms with Gasteiger partial charge in [-0.3, -0.25) is 4.79 Å². The first-order chi connectivity index (χ1) is 13.7. The summed E-state index contributed by atoms with van der Waals surface area (Å²) in [5, 5.41) is 5.84. The minimum Gasteiger partial charge on any atom is -0.365 e. The normalized spacial score (nSPS) is 21.0. The number of hydrogen-bond donors (Lipinski definition) is 3. The molecule has 1 saturated carbocycles. The molecule has 7 nitrogen and oxygen atoms in total. The number of anilines is 3. The number of rotatable bonds is 6. The first kappa shape index (κ1) is 20.9. The van der Waals surface area contributed by atoms with Gasteiger partial charge < -0.3 is 21.3 Å². The largest absolute Gasteiger partial charge is 0.365 e. The van der Waals surface area contributed by atoms with Gasteiger partial charge in [0.2, 0.25) is 5.95 Å². The molecule has 1 heterocycles. The Morgan fingerprint density at radius 2 is 2.10 bits per heavy atom. The quantitative estimate of drug-likeness (QED) is 0.684. The number of alkyl halides is 2. The molecule has 0 spiro atoms. The number of carbonyl (C=O) groups is 1. The summed E-state index contributed by atoms with van der Waals surface area (Å²) in [6.45, 7) is 1.93. The van der Waals surface area contributed by atoms with Crippen LogP contribution in [0.25, 0.3) is 0 Å². The van der Waals surface area contributed by atoms with Crippen LogP contribution in [-0.4, -0.2) is 52.9 Å². The van der Waals surface area contributed by atoms with Gasteiger partial charge in [0.15, 0.2) is 0 Å². The molecule has 1 aliphatic rings. The van der Waals surface area contributed by atoms with E-state index in [9.17, 15) is 13.6 Å². The van der Waals surface area contributed by atoms with Gasteiger partial charge in [0.05, 0.1) is 0 Å². The number of nitrogens with two attached hydrogens (primary N) is 1. The highest BCUT2D eigenvalue weighted by atomic mass is 19.3. The number of primary amides is 1. The van der Waals surface area contributed by atoms with Crippen molar-refractivity contribution in [2.24, 2.45) is 5.73 Å². The van der Waals surface area contributed by atoms with Crippen LogP contribution in [0.4, 0.5) is 26.2 Å². The van der Waals surface area contributed by atoms with Crippen LogP contribution in [0.2, 0.25) is 0 Å². The van der Waals surface area contributed by atoms with Gasteiger partial charge in [0, 0.05) is 24.3 Å². The molecule has 3 rings (SSSR count). The Kier molecular flexibility index (Phi) is 5.97. The lowest BCUT2D eigenvalue weighted by Gasteiger charge is -2.41.